The molecule has 0 saturated heterocycles. The number of hydrogen-bond donors (Lipinski definition) is 1. The van der Waals surface area contributed by atoms with Gasteiger partial charge in [0.2, 0.25) is 0 Å². The predicted octanol–water partition coefficient (Wildman–Crippen LogP) is -0.0630. The smallest absolute Gasteiger partial charge is 0.271 e. The van der Waals surface area contributed by atoms with Crippen molar-refractivity contribution < 1.29 is 4.79 Å². The molecule has 0 saturated carbocycles. The lowest BCUT2D eigenvalue weighted by Crippen LogP contribution is -2.15. The molecule has 0 aliphatic heterocycles. The van der Waals surface area contributed by atoms with Crippen molar-refractivity contribution in [3.63, 3.8) is 0 Å². The zero-order chi connectivity index (χ0) is 10.6. The largest absolute Gasteiger partial charge is 0.364 e. The highest BCUT2D eigenvalue weighted by Crippen LogP contribution is 2.18. The minimum Gasteiger partial charge on any atom is -0.364 e. The van der Waals surface area contributed by atoms with Crippen LogP contribution in [0.5, 0.6) is 0 Å². The first-order chi connectivity index (χ1) is 6.70. The quantitative estimate of drug-likeness (QED) is 0.606. The van der Waals surface area contributed by atoms with E-state index in [1.165, 1.54) is 4.22 Å². The monoisotopic (exact) mass is 302 g/mol. The van der Waals surface area contributed by atoms with Gasteiger partial charge < -0.3 is 5.73 Å². The van der Waals surface area contributed by atoms with Crippen LogP contribution < -0.4 is 5.73 Å². The van der Waals surface area contributed by atoms with Crippen LogP contribution in [-0.4, -0.2) is 25.5 Å². The van der Waals surface area contributed by atoms with E-state index in [1.807, 2.05) is 22.6 Å². The Morgan fingerprint density at radius 3 is 2.86 bits per heavy atom. The number of nitrogens with two attached hydrogens (primary N) is 1. The molecule has 0 radical (unpaired) electrons. The summed E-state index contributed by atoms with van der Waals surface area (Å²) in [7, 11) is 0. The van der Waals surface area contributed by atoms with Gasteiger partial charge in [-0.05, 0) is 27.8 Å². The highest BCUT2D eigenvalue weighted by Gasteiger charge is 2.15. The van der Waals surface area contributed by atoms with E-state index >= 15 is 0 Å². The van der Waals surface area contributed by atoms with Crippen LogP contribution in [0.3, 0.4) is 0 Å². The fourth-order valence-electron chi connectivity index (χ4n) is 0.731. The molecule has 0 aliphatic carbocycles. The molecule has 0 fully saturated rings. The predicted molar refractivity (Wildman–Crippen MR) is 55.2 cm³/mol. The number of halogens is 1. The van der Waals surface area contributed by atoms with Gasteiger partial charge in [-0.25, -0.2) is 4.99 Å². The van der Waals surface area contributed by atoms with Gasteiger partial charge in [-0.15, -0.1) is 10.2 Å². The number of primary amides is 1. The number of rotatable bonds is 2. The molecule has 14 heavy (non-hydrogen) atoms. The third-order valence-electron chi connectivity index (χ3n) is 1.26. The Morgan fingerprint density at radius 2 is 2.36 bits per heavy atom. The standard InChI is InChI=1S/C6H3IN6O/c7-2-10-4-3(1-8)11-13-12-5(4)6(9)14/h2H,(H2,9,14)/b10-2-. The van der Waals surface area contributed by atoms with Crippen LogP contribution in [0.2, 0.25) is 0 Å². The Balaban J connectivity index is 3.45. The molecular formula is C6H3IN6O. The van der Waals surface area contributed by atoms with E-state index in [1.54, 1.807) is 6.07 Å². The lowest BCUT2D eigenvalue weighted by molar-refractivity contribution is 0.0995. The summed E-state index contributed by atoms with van der Waals surface area (Å²) in [5.74, 6) is -0.798. The summed E-state index contributed by atoms with van der Waals surface area (Å²) in [6.07, 6.45) is 0. The van der Waals surface area contributed by atoms with Crippen molar-refractivity contribution in [1.82, 2.24) is 15.4 Å². The number of aliphatic imine (C=N–C) groups is 1. The van der Waals surface area contributed by atoms with Crippen molar-refractivity contribution in [1.29, 1.82) is 5.26 Å². The van der Waals surface area contributed by atoms with E-state index in [2.05, 4.69) is 20.4 Å². The van der Waals surface area contributed by atoms with Crippen LogP contribution in [0.4, 0.5) is 5.69 Å². The molecule has 0 aliphatic rings. The van der Waals surface area contributed by atoms with Crippen molar-refractivity contribution in [2.24, 2.45) is 10.7 Å². The summed E-state index contributed by atoms with van der Waals surface area (Å²) in [5, 5.41) is 18.7. The second kappa shape index (κ2) is 4.56. The molecule has 2 N–H and O–H groups in total. The van der Waals surface area contributed by atoms with Gasteiger partial charge in [0, 0.05) is 0 Å². The van der Waals surface area contributed by atoms with Gasteiger partial charge in [-0.3, -0.25) is 4.79 Å². The van der Waals surface area contributed by atoms with E-state index in [0.717, 1.165) is 0 Å². The average Bonchev–Trinajstić information content (AvgIpc) is 2.18. The van der Waals surface area contributed by atoms with Gasteiger partial charge in [-0.2, -0.15) is 5.26 Å². The molecule has 0 unspecified atom stereocenters. The number of hydrogen-bond acceptors (Lipinski definition) is 6. The fraction of sp³-hybridized carbons (Fsp3) is 0. The molecule has 70 valence electrons. The maximum absolute atomic E-state index is 10.9. The van der Waals surface area contributed by atoms with Crippen molar-refractivity contribution in [3.05, 3.63) is 11.4 Å². The van der Waals surface area contributed by atoms with E-state index < -0.39 is 5.91 Å². The molecule has 1 heterocycles. The normalized spacial score (nSPS) is 10.0. The number of aromatic nitrogens is 3. The number of nitrogens with zero attached hydrogens (tertiary/aromatic N) is 5. The van der Waals surface area contributed by atoms with Gasteiger partial charge in [-0.1, -0.05) is 0 Å². The van der Waals surface area contributed by atoms with Crippen LogP contribution >= 0.6 is 22.6 Å². The minimum atomic E-state index is -0.798. The number of nitriles is 1. The second-order valence-corrected chi connectivity index (χ2v) is 2.60. The van der Waals surface area contributed by atoms with E-state index in [-0.39, 0.29) is 17.1 Å². The molecule has 1 aromatic heterocycles. The van der Waals surface area contributed by atoms with E-state index in [9.17, 15) is 4.79 Å². The summed E-state index contributed by atoms with van der Waals surface area (Å²) in [5.41, 5.74) is 4.81. The molecule has 7 nitrogen and oxygen atoms in total. The Hall–Kier alpha value is -1.63. The molecular weight excluding hydrogens is 299 g/mol. The third kappa shape index (κ3) is 1.99. The Labute approximate surface area is 92.2 Å². The summed E-state index contributed by atoms with van der Waals surface area (Å²) >= 11 is 1.83. The highest BCUT2D eigenvalue weighted by molar-refractivity contribution is 14.1. The molecule has 0 bridgehead atoms. The van der Waals surface area contributed by atoms with Gasteiger partial charge in [0.25, 0.3) is 5.91 Å². The lowest BCUT2D eigenvalue weighted by Gasteiger charge is -1.98. The van der Waals surface area contributed by atoms with Crippen LogP contribution in [0, 0.1) is 11.3 Å². The van der Waals surface area contributed by atoms with Gasteiger partial charge in [0.1, 0.15) is 11.8 Å². The summed E-state index contributed by atoms with van der Waals surface area (Å²) in [6, 6.07) is 1.74. The number of amides is 1. The zero-order valence-electron chi connectivity index (χ0n) is 6.68. The number of carbonyl (C=O) groups is 1. The maximum Gasteiger partial charge on any atom is 0.271 e. The molecule has 8 heteroatoms. The first-order valence-corrected chi connectivity index (χ1v) is 4.51. The average molecular weight is 302 g/mol. The highest BCUT2D eigenvalue weighted by atomic mass is 127. The SMILES string of the molecule is N#Cc1nnnc(C(N)=O)c1/N=C\I. The van der Waals surface area contributed by atoms with E-state index in [0.29, 0.717) is 0 Å². The second-order valence-electron chi connectivity index (χ2n) is 2.04. The van der Waals surface area contributed by atoms with Crippen LogP contribution in [0.25, 0.3) is 0 Å². The summed E-state index contributed by atoms with van der Waals surface area (Å²) in [6.45, 7) is 0. The topological polar surface area (TPSA) is 118 Å². The van der Waals surface area contributed by atoms with Crippen molar-refractivity contribution >= 4 is 38.4 Å². The lowest BCUT2D eigenvalue weighted by atomic mass is 10.3. The molecule has 0 aromatic carbocycles. The Morgan fingerprint density at radius 1 is 1.64 bits per heavy atom. The Bertz CT molecular complexity index is 436. The fourth-order valence-corrected chi connectivity index (χ4v) is 1.01. The van der Waals surface area contributed by atoms with Crippen LogP contribution in [0.1, 0.15) is 16.2 Å². The maximum atomic E-state index is 10.9. The molecule has 0 atom stereocenters. The van der Waals surface area contributed by atoms with Gasteiger partial charge in [0.15, 0.2) is 11.4 Å². The first kappa shape index (κ1) is 10.5. The summed E-state index contributed by atoms with van der Waals surface area (Å²) < 4.78 is 1.38. The zero-order valence-corrected chi connectivity index (χ0v) is 8.83. The third-order valence-corrected chi connectivity index (χ3v) is 1.53. The van der Waals surface area contributed by atoms with Crippen LogP contribution in [-0.2, 0) is 0 Å². The van der Waals surface area contributed by atoms with Crippen molar-refractivity contribution in [2.75, 3.05) is 0 Å². The minimum absolute atomic E-state index is 0.0457. The van der Waals surface area contributed by atoms with E-state index in [4.69, 9.17) is 11.0 Å². The van der Waals surface area contributed by atoms with Crippen molar-refractivity contribution in [2.45, 2.75) is 0 Å². The van der Waals surface area contributed by atoms with Crippen molar-refractivity contribution in [3.8, 4) is 6.07 Å². The summed E-state index contributed by atoms with van der Waals surface area (Å²) in [4.78, 5) is 14.6. The molecule has 1 rings (SSSR count). The van der Waals surface area contributed by atoms with Gasteiger partial charge in [0.05, 0.1) is 4.22 Å². The Kier molecular flexibility index (Phi) is 3.41. The molecule has 1 amide bonds. The molecule has 0 spiro atoms. The van der Waals surface area contributed by atoms with Gasteiger partial charge >= 0.3 is 0 Å². The molecule has 1 aromatic rings. The number of carbonyl (C=O) groups excluding carboxylic acids is 1. The van der Waals surface area contributed by atoms with Crippen LogP contribution in [0.15, 0.2) is 4.99 Å². The first-order valence-electron chi connectivity index (χ1n) is 3.26.